The Balaban J connectivity index is 0.000000166. The van der Waals surface area contributed by atoms with E-state index in [4.69, 9.17) is 0 Å². The van der Waals surface area contributed by atoms with E-state index in [-0.39, 0.29) is 0 Å². The Morgan fingerprint density at radius 2 is 0.842 bits per heavy atom. The van der Waals surface area contributed by atoms with Crippen LogP contribution in [0.25, 0.3) is 0 Å². The molecule has 0 aromatic carbocycles. The highest BCUT2D eigenvalue weighted by atomic mass is 128. The van der Waals surface area contributed by atoms with E-state index in [2.05, 4.69) is 94.8 Å². The number of likely N-dealkylation sites (N-methyl/N-ethyl adjacent to an activating group) is 4. The normalized spacial score (nSPS) is 41.5. The summed E-state index contributed by atoms with van der Waals surface area (Å²) in [5.41, 5.74) is 0. The van der Waals surface area contributed by atoms with Gasteiger partial charge in [0, 0.05) is 102 Å². The topological polar surface area (TPSA) is 19.4 Å². The minimum atomic E-state index is 0.784. The smallest absolute Gasteiger partial charge is 0.213 e. The van der Waals surface area contributed by atoms with Crippen molar-refractivity contribution in [2.45, 2.75) is 38.0 Å². The van der Waals surface area contributed by atoms with Gasteiger partial charge in [0.15, 0.2) is 0 Å². The maximum absolute atomic E-state index is 2.83. The summed E-state index contributed by atoms with van der Waals surface area (Å²) in [7, 11) is 9.59. The highest BCUT2D eigenvalue weighted by Gasteiger charge is 2.61. The molecule has 2 bridgehead atoms. The summed E-state index contributed by atoms with van der Waals surface area (Å²) >= 11 is 4.24. The summed E-state index contributed by atoms with van der Waals surface area (Å²) in [6, 6.07) is 0. The van der Waals surface area contributed by atoms with Crippen LogP contribution in [0.1, 0.15) is 25.7 Å². The molecule has 0 aromatic heterocycles. The van der Waals surface area contributed by atoms with Gasteiger partial charge in [-0.3, -0.25) is 0 Å². The standard InChI is InChI=1S/C14H28N4.C14H30N4.I2/c1-17-9-3-5-15-8-12-18(2)10-4-6-16(7-11-17)14(18)13(15)17;1-15-5-3-7-18-12-10-16(2)6-4-8-17(11-9-15)13-14-18;1-2/h13-14H,3-12H2,1-2H3;3-14H2,1-2H3;/q+2;;. The van der Waals surface area contributed by atoms with E-state index in [0.29, 0.717) is 0 Å². The molecule has 6 fully saturated rings. The van der Waals surface area contributed by atoms with Crippen molar-refractivity contribution in [3.05, 3.63) is 0 Å². The maximum atomic E-state index is 2.83. The molecule has 0 N–H and O–H groups in total. The van der Waals surface area contributed by atoms with Gasteiger partial charge in [-0.2, -0.15) is 0 Å². The highest BCUT2D eigenvalue weighted by Crippen LogP contribution is 2.39. The third-order valence-corrected chi connectivity index (χ3v) is 10.7. The molecule has 0 saturated carbocycles. The van der Waals surface area contributed by atoms with Crippen molar-refractivity contribution < 1.29 is 8.97 Å². The second-order valence-corrected chi connectivity index (χ2v) is 13.5. The van der Waals surface area contributed by atoms with Crippen LogP contribution in [0, 0.1) is 0 Å². The molecule has 6 rings (SSSR count). The van der Waals surface area contributed by atoms with E-state index >= 15 is 0 Å². The predicted octanol–water partition coefficient (Wildman–Crippen LogP) is 2.00. The van der Waals surface area contributed by atoms with Crippen LogP contribution in [0.4, 0.5) is 0 Å². The van der Waals surface area contributed by atoms with Crippen LogP contribution in [0.15, 0.2) is 0 Å². The number of hydrogen-bond donors (Lipinski definition) is 0. The fourth-order valence-electron chi connectivity index (χ4n) is 8.23. The fourth-order valence-corrected chi connectivity index (χ4v) is 8.23. The first-order chi connectivity index (χ1) is 18.4. The lowest BCUT2D eigenvalue weighted by Gasteiger charge is -2.65. The Hall–Kier alpha value is 1.14. The Labute approximate surface area is 258 Å². The third-order valence-electron chi connectivity index (χ3n) is 10.7. The van der Waals surface area contributed by atoms with E-state index in [9.17, 15) is 0 Å². The molecule has 6 saturated heterocycles. The van der Waals surface area contributed by atoms with Crippen molar-refractivity contribution in [2.24, 2.45) is 0 Å². The summed E-state index contributed by atoms with van der Waals surface area (Å²) < 4.78 is 2.66. The van der Waals surface area contributed by atoms with Crippen molar-refractivity contribution in [1.82, 2.24) is 29.4 Å². The van der Waals surface area contributed by atoms with Crippen LogP contribution in [0.5, 0.6) is 0 Å². The minimum Gasteiger partial charge on any atom is -0.305 e. The molecule has 0 aromatic rings. The zero-order chi connectivity index (χ0) is 27.2. The van der Waals surface area contributed by atoms with E-state index in [0.717, 1.165) is 12.3 Å². The second-order valence-electron chi connectivity index (χ2n) is 13.5. The molecule has 10 heteroatoms. The summed E-state index contributed by atoms with van der Waals surface area (Å²) in [6.45, 7) is 23.4. The number of nitrogens with zero attached hydrogens (tertiary/aromatic N) is 8. The molecule has 8 nitrogen and oxygen atoms in total. The summed E-state index contributed by atoms with van der Waals surface area (Å²) in [5, 5.41) is 0. The molecule has 0 aliphatic carbocycles. The van der Waals surface area contributed by atoms with Gasteiger partial charge in [-0.25, -0.2) is 9.80 Å². The summed E-state index contributed by atoms with van der Waals surface area (Å²) in [6.07, 6.45) is 7.02. The predicted molar refractivity (Wildman–Crippen MR) is 177 cm³/mol. The Bertz CT molecular complexity index is 660. The summed E-state index contributed by atoms with van der Waals surface area (Å²) in [5.74, 6) is 0. The third kappa shape index (κ3) is 7.94. The first-order valence-electron chi connectivity index (χ1n) is 15.5. The van der Waals surface area contributed by atoms with Crippen molar-refractivity contribution >= 4 is 37.2 Å². The maximum Gasteiger partial charge on any atom is 0.213 e. The fraction of sp³-hybridized carbons (Fsp3) is 1.00. The van der Waals surface area contributed by atoms with Crippen LogP contribution in [-0.4, -0.2) is 197 Å². The van der Waals surface area contributed by atoms with E-state index in [1.54, 1.807) is 0 Å². The number of quaternary nitrogens is 2. The molecular formula is C28H58I2N8+2. The van der Waals surface area contributed by atoms with E-state index in [1.165, 1.54) is 152 Å². The van der Waals surface area contributed by atoms with Gasteiger partial charge in [-0.05, 0) is 53.1 Å². The molecule has 0 amide bonds. The van der Waals surface area contributed by atoms with Gasteiger partial charge in [0.25, 0.3) is 0 Å². The lowest BCUT2D eigenvalue weighted by molar-refractivity contribution is -1.04. The first kappa shape index (κ1) is 32.1. The zero-order valence-corrected chi connectivity index (χ0v) is 29.4. The van der Waals surface area contributed by atoms with Crippen LogP contribution < -0.4 is 0 Å². The van der Waals surface area contributed by atoms with Gasteiger partial charge in [-0.1, -0.05) is 0 Å². The van der Waals surface area contributed by atoms with Crippen LogP contribution in [0.3, 0.4) is 0 Å². The average molecular weight is 761 g/mol. The van der Waals surface area contributed by atoms with Gasteiger partial charge in [0.05, 0.1) is 53.4 Å². The van der Waals surface area contributed by atoms with Crippen LogP contribution in [-0.2, 0) is 0 Å². The van der Waals surface area contributed by atoms with Gasteiger partial charge in [-0.15, -0.1) is 0 Å². The van der Waals surface area contributed by atoms with Gasteiger partial charge < -0.3 is 28.6 Å². The molecule has 6 unspecified atom stereocenters. The SMILES string of the molecule is CN1CCCN2CCN(C)CCCN(CC1)CC2.C[N+]12CCCN3CC[N+]4(C)CCCN(CC1)C4C32.II. The monoisotopic (exact) mass is 760 g/mol. The Morgan fingerprint density at radius 1 is 0.447 bits per heavy atom. The second kappa shape index (κ2) is 15.0. The molecule has 222 valence electrons. The molecule has 0 spiro atoms. The van der Waals surface area contributed by atoms with Gasteiger partial charge in [0.1, 0.15) is 0 Å². The van der Waals surface area contributed by atoms with Crippen LogP contribution >= 0.6 is 37.2 Å². The van der Waals surface area contributed by atoms with Crippen LogP contribution in [0.2, 0.25) is 0 Å². The molecule has 6 heterocycles. The summed E-state index contributed by atoms with van der Waals surface area (Å²) in [4.78, 5) is 16.0. The first-order valence-corrected chi connectivity index (χ1v) is 21.8. The van der Waals surface area contributed by atoms with Crippen molar-refractivity contribution in [2.75, 3.05) is 146 Å². The molecule has 6 atom stereocenters. The number of hydrogen-bond acceptors (Lipinski definition) is 6. The molecular weight excluding hydrogens is 702 g/mol. The average Bonchev–Trinajstić information content (AvgIpc) is 2.92. The lowest BCUT2D eigenvalue weighted by atomic mass is 9.96. The minimum absolute atomic E-state index is 0.784. The van der Waals surface area contributed by atoms with Gasteiger partial charge in [0.2, 0.25) is 12.3 Å². The quantitative estimate of drug-likeness (QED) is 0.277. The van der Waals surface area contributed by atoms with Gasteiger partial charge >= 0.3 is 0 Å². The van der Waals surface area contributed by atoms with Crippen molar-refractivity contribution in [3.63, 3.8) is 0 Å². The Kier molecular flexibility index (Phi) is 12.7. The molecule has 6 aliphatic rings. The van der Waals surface area contributed by atoms with E-state index < -0.39 is 0 Å². The molecule has 38 heavy (non-hydrogen) atoms. The van der Waals surface area contributed by atoms with Crippen molar-refractivity contribution in [1.29, 1.82) is 0 Å². The largest absolute Gasteiger partial charge is 0.305 e. The number of fused-ring (bicyclic) bond motifs is 3. The highest BCUT2D eigenvalue weighted by molar-refractivity contribution is 15.0. The number of piperazine rings is 2. The molecule has 0 radical (unpaired) electrons. The Morgan fingerprint density at radius 3 is 1.26 bits per heavy atom. The number of rotatable bonds is 0. The number of halogens is 2. The van der Waals surface area contributed by atoms with Crippen molar-refractivity contribution in [3.8, 4) is 0 Å². The van der Waals surface area contributed by atoms with E-state index in [1.807, 2.05) is 0 Å². The lowest BCUT2D eigenvalue weighted by Crippen LogP contribution is -2.86. The molecule has 6 aliphatic heterocycles. The zero-order valence-electron chi connectivity index (χ0n) is 25.0.